The molecule has 0 aliphatic heterocycles. The van der Waals surface area contributed by atoms with Crippen molar-refractivity contribution >= 4 is 12.1 Å². The Kier molecular flexibility index (Phi) is 12.1. The highest BCUT2D eigenvalue weighted by Crippen LogP contribution is 2.18. The number of nitrogens with one attached hydrogen (secondary N) is 1. The summed E-state index contributed by atoms with van der Waals surface area (Å²) in [5.74, 6) is 1.77. The Morgan fingerprint density at radius 1 is 0.938 bits per heavy atom. The zero-order valence-electron chi connectivity index (χ0n) is 18.9. The van der Waals surface area contributed by atoms with E-state index in [9.17, 15) is 4.79 Å². The van der Waals surface area contributed by atoms with Crippen LogP contribution in [-0.4, -0.2) is 31.9 Å². The summed E-state index contributed by atoms with van der Waals surface area (Å²) in [7, 11) is 0. The van der Waals surface area contributed by atoms with Crippen LogP contribution in [-0.2, 0) is 4.79 Å². The Bertz CT molecular complexity index is 834. The van der Waals surface area contributed by atoms with Crippen molar-refractivity contribution in [2.75, 3.05) is 19.8 Å². The van der Waals surface area contributed by atoms with Crippen LogP contribution in [0.5, 0.6) is 17.2 Å². The molecular formula is C26H34N2O4. The lowest BCUT2D eigenvalue weighted by Crippen LogP contribution is -2.24. The smallest absolute Gasteiger partial charge is 0.277 e. The highest BCUT2D eigenvalue weighted by molar-refractivity contribution is 5.83. The van der Waals surface area contributed by atoms with Crippen LogP contribution in [0.15, 0.2) is 66.3 Å². The minimum Gasteiger partial charge on any atom is -0.494 e. The zero-order valence-corrected chi connectivity index (χ0v) is 18.9. The molecule has 172 valence electrons. The van der Waals surface area contributed by atoms with Crippen molar-refractivity contribution < 1.29 is 19.0 Å². The number of unbranched alkanes of at least 4 members (excludes halogenated alkanes) is 5. The van der Waals surface area contributed by atoms with E-state index in [4.69, 9.17) is 14.2 Å². The van der Waals surface area contributed by atoms with Crippen molar-refractivity contribution in [2.24, 2.45) is 5.10 Å². The molecule has 0 fully saturated rings. The summed E-state index contributed by atoms with van der Waals surface area (Å²) in [5, 5.41) is 3.95. The van der Waals surface area contributed by atoms with E-state index in [1.165, 1.54) is 32.1 Å². The SMILES string of the molecule is C=CCOc1cccc(/C=N/NC(=O)COc2ccc(OCCCCCCCC)cc2)c1. The second kappa shape index (κ2) is 15.5. The van der Waals surface area contributed by atoms with Crippen LogP contribution < -0.4 is 19.6 Å². The number of hydrogen-bond donors (Lipinski definition) is 1. The number of carbonyl (C=O) groups is 1. The van der Waals surface area contributed by atoms with Gasteiger partial charge in [0.05, 0.1) is 12.8 Å². The second-order valence-corrected chi connectivity index (χ2v) is 7.34. The van der Waals surface area contributed by atoms with Crippen LogP contribution in [0.4, 0.5) is 0 Å². The average Bonchev–Trinajstić information content (AvgIpc) is 2.82. The van der Waals surface area contributed by atoms with Gasteiger partial charge in [-0.1, -0.05) is 63.8 Å². The van der Waals surface area contributed by atoms with Crippen molar-refractivity contribution in [1.29, 1.82) is 0 Å². The predicted octanol–water partition coefficient (Wildman–Crippen LogP) is 5.52. The van der Waals surface area contributed by atoms with Gasteiger partial charge in [0.2, 0.25) is 0 Å². The van der Waals surface area contributed by atoms with Crippen LogP contribution in [0.2, 0.25) is 0 Å². The van der Waals surface area contributed by atoms with Gasteiger partial charge in [-0.15, -0.1) is 0 Å². The maximum atomic E-state index is 11.9. The summed E-state index contributed by atoms with van der Waals surface area (Å²) in [6, 6.07) is 14.7. The number of hydrogen-bond acceptors (Lipinski definition) is 5. The molecule has 0 aromatic heterocycles. The number of benzene rings is 2. The number of rotatable bonds is 16. The van der Waals surface area contributed by atoms with Crippen molar-refractivity contribution in [2.45, 2.75) is 45.4 Å². The third kappa shape index (κ3) is 10.7. The lowest BCUT2D eigenvalue weighted by molar-refractivity contribution is -0.123. The van der Waals surface area contributed by atoms with E-state index in [1.54, 1.807) is 24.4 Å². The Morgan fingerprint density at radius 3 is 2.41 bits per heavy atom. The molecule has 0 spiro atoms. The van der Waals surface area contributed by atoms with Gasteiger partial charge in [0.1, 0.15) is 23.9 Å². The number of ether oxygens (including phenoxy) is 3. The van der Waals surface area contributed by atoms with Crippen molar-refractivity contribution in [3.8, 4) is 17.2 Å². The van der Waals surface area contributed by atoms with Gasteiger partial charge in [0, 0.05) is 0 Å². The molecule has 0 aliphatic rings. The van der Waals surface area contributed by atoms with Crippen molar-refractivity contribution in [3.63, 3.8) is 0 Å². The first kappa shape index (κ1) is 25.0. The van der Waals surface area contributed by atoms with Crippen molar-refractivity contribution in [3.05, 3.63) is 66.7 Å². The van der Waals surface area contributed by atoms with Gasteiger partial charge in [0.25, 0.3) is 5.91 Å². The summed E-state index contributed by atoms with van der Waals surface area (Å²) in [4.78, 5) is 11.9. The molecule has 32 heavy (non-hydrogen) atoms. The molecule has 6 nitrogen and oxygen atoms in total. The molecule has 1 N–H and O–H groups in total. The summed E-state index contributed by atoms with van der Waals surface area (Å²) in [6.45, 7) is 6.86. The summed E-state index contributed by atoms with van der Waals surface area (Å²) >= 11 is 0. The monoisotopic (exact) mass is 438 g/mol. The maximum Gasteiger partial charge on any atom is 0.277 e. The van der Waals surface area contributed by atoms with Crippen LogP contribution in [0.3, 0.4) is 0 Å². The molecule has 0 saturated carbocycles. The van der Waals surface area contributed by atoms with Gasteiger partial charge in [-0.2, -0.15) is 5.10 Å². The Morgan fingerprint density at radius 2 is 1.66 bits per heavy atom. The molecule has 0 radical (unpaired) electrons. The van der Waals surface area contributed by atoms with E-state index in [2.05, 4.69) is 24.0 Å². The molecule has 6 heteroatoms. The molecule has 0 heterocycles. The highest BCUT2D eigenvalue weighted by Gasteiger charge is 2.02. The van der Waals surface area contributed by atoms with Crippen LogP contribution in [0.1, 0.15) is 51.0 Å². The highest BCUT2D eigenvalue weighted by atomic mass is 16.5. The molecule has 0 bridgehead atoms. The van der Waals surface area contributed by atoms with Crippen LogP contribution >= 0.6 is 0 Å². The van der Waals surface area contributed by atoms with Gasteiger partial charge in [0.15, 0.2) is 6.61 Å². The lowest BCUT2D eigenvalue weighted by Gasteiger charge is -2.08. The number of carbonyl (C=O) groups excluding carboxylic acids is 1. The molecule has 2 aromatic carbocycles. The number of hydrazone groups is 1. The summed E-state index contributed by atoms with van der Waals surface area (Å²) in [6.07, 6.45) is 10.6. The van der Waals surface area contributed by atoms with Crippen LogP contribution in [0.25, 0.3) is 0 Å². The van der Waals surface area contributed by atoms with Gasteiger partial charge in [-0.05, 0) is 48.4 Å². The molecular weight excluding hydrogens is 404 g/mol. The lowest BCUT2D eigenvalue weighted by atomic mass is 10.1. The topological polar surface area (TPSA) is 69.2 Å². The van der Waals surface area contributed by atoms with Crippen molar-refractivity contribution in [1.82, 2.24) is 5.43 Å². The normalized spacial score (nSPS) is 10.7. The molecule has 0 unspecified atom stereocenters. The van der Waals surface area contributed by atoms with E-state index in [1.807, 2.05) is 36.4 Å². The first-order valence-electron chi connectivity index (χ1n) is 11.2. The van der Waals surface area contributed by atoms with Gasteiger partial charge < -0.3 is 14.2 Å². The number of nitrogens with zero attached hydrogens (tertiary/aromatic N) is 1. The quantitative estimate of drug-likeness (QED) is 0.162. The van der Waals surface area contributed by atoms with Crippen LogP contribution in [0, 0.1) is 0 Å². The third-order valence-corrected chi connectivity index (χ3v) is 4.59. The average molecular weight is 439 g/mol. The molecule has 2 aromatic rings. The van der Waals surface area contributed by atoms with E-state index < -0.39 is 0 Å². The molecule has 2 rings (SSSR count). The van der Waals surface area contributed by atoms with Gasteiger partial charge >= 0.3 is 0 Å². The summed E-state index contributed by atoms with van der Waals surface area (Å²) < 4.78 is 16.7. The Labute approximate surface area is 191 Å². The molecule has 0 atom stereocenters. The standard InChI is InChI=1S/C26H34N2O4/c1-3-5-6-7-8-9-18-31-23-13-15-24(16-14-23)32-21-26(29)28-27-20-22-11-10-12-25(19-22)30-17-4-2/h4,10-16,19-20H,2-3,5-9,17-18,21H2,1H3,(H,28,29)/b27-20+. The fourth-order valence-corrected chi connectivity index (χ4v) is 2.90. The largest absolute Gasteiger partial charge is 0.494 e. The summed E-state index contributed by atoms with van der Waals surface area (Å²) in [5.41, 5.74) is 3.26. The van der Waals surface area contributed by atoms with E-state index in [0.29, 0.717) is 18.1 Å². The van der Waals surface area contributed by atoms with E-state index >= 15 is 0 Å². The fourth-order valence-electron chi connectivity index (χ4n) is 2.90. The van der Waals surface area contributed by atoms with E-state index in [-0.39, 0.29) is 12.5 Å². The van der Waals surface area contributed by atoms with E-state index in [0.717, 1.165) is 24.3 Å². The molecule has 1 amide bonds. The predicted molar refractivity (Wildman–Crippen MR) is 129 cm³/mol. The molecule has 0 aliphatic carbocycles. The third-order valence-electron chi connectivity index (χ3n) is 4.59. The second-order valence-electron chi connectivity index (χ2n) is 7.34. The van der Waals surface area contributed by atoms with Gasteiger partial charge in [-0.3, -0.25) is 4.79 Å². The Hall–Kier alpha value is -3.28. The molecule has 0 saturated heterocycles. The van der Waals surface area contributed by atoms with Gasteiger partial charge in [-0.25, -0.2) is 5.43 Å². The maximum absolute atomic E-state index is 11.9. The fraction of sp³-hybridized carbons (Fsp3) is 0.385. The Balaban J connectivity index is 1.64. The minimum atomic E-state index is -0.344. The zero-order chi connectivity index (χ0) is 22.9. The first-order valence-corrected chi connectivity index (χ1v) is 11.2. The number of amides is 1. The minimum absolute atomic E-state index is 0.127. The first-order chi connectivity index (χ1) is 15.7.